The maximum atomic E-state index is 14.0. The van der Waals surface area contributed by atoms with Crippen molar-refractivity contribution in [3.63, 3.8) is 0 Å². The Balaban J connectivity index is 1.94. The largest absolute Gasteiger partial charge is 0.481 e. The number of carboxylic acids is 1. The molecule has 0 spiro atoms. The zero-order valence-corrected chi connectivity index (χ0v) is 22.1. The number of carbonyl (C=O) groups is 1. The lowest BCUT2D eigenvalue weighted by atomic mass is 9.94. The van der Waals surface area contributed by atoms with Crippen LogP contribution in [0.1, 0.15) is 63.1 Å². The molecular formula is C31H37FN2O4. The molecule has 0 aliphatic carbocycles. The standard InChI is InChI=1S/C31H37FN2O4/c1-21(2)30-27(16-15-25(35)19-26(36)20-28(37)38)29(22-11-13-24(32)14-12-22)31(23-9-5-3-6-10-23)34(30)33-17-7-4-8-18-33/h3,5-6,9-16,21,25-26,35-36H,4,7-8,17-20H2,1-2H3,(H,37,38). The normalized spacial score (nSPS) is 15.8. The molecule has 0 radical (unpaired) electrons. The van der Waals surface area contributed by atoms with Gasteiger partial charge in [-0.25, -0.2) is 4.39 Å². The molecule has 4 rings (SSSR count). The van der Waals surface area contributed by atoms with Crippen LogP contribution in [0.5, 0.6) is 0 Å². The summed E-state index contributed by atoms with van der Waals surface area (Å²) in [7, 11) is 0. The van der Waals surface area contributed by atoms with Crippen LogP contribution in [0.4, 0.5) is 4.39 Å². The second-order valence-corrected chi connectivity index (χ2v) is 10.3. The molecule has 1 saturated heterocycles. The Labute approximate surface area is 223 Å². The molecule has 2 unspecified atom stereocenters. The number of aliphatic hydroxyl groups is 2. The number of halogens is 1. The number of nitrogens with zero attached hydrogens (tertiary/aromatic N) is 2. The number of rotatable bonds is 10. The monoisotopic (exact) mass is 520 g/mol. The summed E-state index contributed by atoms with van der Waals surface area (Å²) in [5.41, 5.74) is 5.87. The average molecular weight is 521 g/mol. The Hall–Kier alpha value is -3.42. The Morgan fingerprint density at radius 3 is 2.24 bits per heavy atom. The zero-order chi connectivity index (χ0) is 27.2. The Kier molecular flexibility index (Phi) is 9.02. The summed E-state index contributed by atoms with van der Waals surface area (Å²) >= 11 is 0. The predicted molar refractivity (Wildman–Crippen MR) is 149 cm³/mol. The van der Waals surface area contributed by atoms with Gasteiger partial charge in [-0.2, -0.15) is 0 Å². The molecule has 0 bridgehead atoms. The van der Waals surface area contributed by atoms with Crippen LogP contribution in [0.25, 0.3) is 28.5 Å². The fraction of sp³-hybridized carbons (Fsp3) is 0.387. The van der Waals surface area contributed by atoms with Crippen molar-refractivity contribution in [1.29, 1.82) is 0 Å². The number of carboxylic acid groups (broad SMARTS) is 1. The first kappa shape index (κ1) is 27.6. The van der Waals surface area contributed by atoms with Crippen molar-refractivity contribution in [2.45, 2.75) is 64.1 Å². The minimum absolute atomic E-state index is 0.0793. The van der Waals surface area contributed by atoms with Crippen LogP contribution < -0.4 is 5.01 Å². The van der Waals surface area contributed by atoms with Crippen molar-refractivity contribution in [2.24, 2.45) is 0 Å². The maximum absolute atomic E-state index is 14.0. The van der Waals surface area contributed by atoms with Crippen LogP contribution in [0.3, 0.4) is 0 Å². The number of hydrogen-bond donors (Lipinski definition) is 3. The highest BCUT2D eigenvalue weighted by Gasteiger charge is 2.29. The Morgan fingerprint density at radius 1 is 0.974 bits per heavy atom. The summed E-state index contributed by atoms with van der Waals surface area (Å²) in [4.78, 5) is 10.9. The van der Waals surface area contributed by atoms with Crippen LogP contribution in [0.2, 0.25) is 0 Å². The van der Waals surface area contributed by atoms with Gasteiger partial charge in [-0.3, -0.25) is 9.47 Å². The van der Waals surface area contributed by atoms with Crippen LogP contribution in [-0.4, -0.2) is 51.3 Å². The number of aliphatic carboxylic acids is 1. The van der Waals surface area contributed by atoms with E-state index in [1.54, 1.807) is 18.2 Å². The molecule has 0 amide bonds. The van der Waals surface area contributed by atoms with Crippen molar-refractivity contribution < 1.29 is 24.5 Å². The van der Waals surface area contributed by atoms with E-state index < -0.39 is 24.6 Å². The first-order valence-electron chi connectivity index (χ1n) is 13.4. The summed E-state index contributed by atoms with van der Waals surface area (Å²) in [6.45, 7) is 6.13. The molecule has 1 aromatic heterocycles. The van der Waals surface area contributed by atoms with Gasteiger partial charge in [-0.15, -0.1) is 0 Å². The summed E-state index contributed by atoms with van der Waals surface area (Å²) in [5, 5.41) is 32.0. The van der Waals surface area contributed by atoms with Crippen molar-refractivity contribution >= 4 is 12.0 Å². The second kappa shape index (κ2) is 12.4. The number of aliphatic hydroxyl groups excluding tert-OH is 2. The topological polar surface area (TPSA) is 85.9 Å². The van der Waals surface area contributed by atoms with E-state index in [1.165, 1.54) is 18.6 Å². The molecule has 3 aromatic rings. The molecule has 1 aliphatic heterocycles. The quantitative estimate of drug-likeness (QED) is 0.314. The van der Waals surface area contributed by atoms with Gasteiger partial charge in [0.2, 0.25) is 0 Å². The summed E-state index contributed by atoms with van der Waals surface area (Å²) in [6, 6.07) is 16.7. The van der Waals surface area contributed by atoms with E-state index in [2.05, 4.69) is 35.7 Å². The van der Waals surface area contributed by atoms with E-state index in [-0.39, 0.29) is 18.2 Å². The van der Waals surface area contributed by atoms with E-state index in [0.29, 0.717) is 0 Å². The van der Waals surface area contributed by atoms with Crippen LogP contribution in [0.15, 0.2) is 60.7 Å². The van der Waals surface area contributed by atoms with Gasteiger partial charge in [0.05, 0.1) is 30.0 Å². The third-order valence-electron chi connectivity index (χ3n) is 6.97. The molecular weight excluding hydrogens is 483 g/mol. The lowest BCUT2D eigenvalue weighted by molar-refractivity contribution is -0.139. The highest BCUT2D eigenvalue weighted by Crippen LogP contribution is 2.43. The molecule has 202 valence electrons. The third-order valence-corrected chi connectivity index (χ3v) is 6.97. The van der Waals surface area contributed by atoms with Crippen LogP contribution in [0, 0.1) is 5.82 Å². The minimum Gasteiger partial charge on any atom is -0.481 e. The van der Waals surface area contributed by atoms with Crippen molar-refractivity contribution in [1.82, 2.24) is 4.68 Å². The van der Waals surface area contributed by atoms with Gasteiger partial charge in [-0.05, 0) is 42.9 Å². The van der Waals surface area contributed by atoms with Gasteiger partial charge in [0, 0.05) is 36.2 Å². The lowest BCUT2D eigenvalue weighted by Gasteiger charge is -2.34. The van der Waals surface area contributed by atoms with E-state index in [4.69, 9.17) is 5.11 Å². The van der Waals surface area contributed by atoms with Gasteiger partial charge < -0.3 is 20.3 Å². The van der Waals surface area contributed by atoms with Gasteiger partial charge >= 0.3 is 5.97 Å². The molecule has 1 fully saturated rings. The Morgan fingerprint density at radius 2 is 1.63 bits per heavy atom. The number of benzene rings is 2. The molecule has 6 nitrogen and oxygen atoms in total. The molecule has 0 saturated carbocycles. The second-order valence-electron chi connectivity index (χ2n) is 10.3. The lowest BCUT2D eigenvalue weighted by Crippen LogP contribution is -2.40. The van der Waals surface area contributed by atoms with Gasteiger partial charge in [0.1, 0.15) is 5.82 Å². The molecule has 2 atom stereocenters. The van der Waals surface area contributed by atoms with Crippen molar-refractivity contribution in [2.75, 3.05) is 18.1 Å². The average Bonchev–Trinajstić information content (AvgIpc) is 3.24. The first-order chi connectivity index (χ1) is 18.3. The maximum Gasteiger partial charge on any atom is 0.305 e. The summed E-state index contributed by atoms with van der Waals surface area (Å²) < 4.78 is 16.3. The van der Waals surface area contributed by atoms with E-state index in [9.17, 15) is 19.4 Å². The minimum atomic E-state index is -1.15. The fourth-order valence-corrected chi connectivity index (χ4v) is 5.31. The molecule has 7 heteroatoms. The SMILES string of the molecule is CC(C)c1c(C=CC(O)CC(O)CC(=O)O)c(-c2ccc(F)cc2)c(-c2ccccc2)n1N1CCCCC1. The van der Waals surface area contributed by atoms with Crippen LogP contribution >= 0.6 is 0 Å². The fourth-order valence-electron chi connectivity index (χ4n) is 5.31. The van der Waals surface area contributed by atoms with Crippen LogP contribution in [-0.2, 0) is 4.79 Å². The van der Waals surface area contributed by atoms with Gasteiger partial charge in [0.25, 0.3) is 0 Å². The van der Waals surface area contributed by atoms with Crippen molar-refractivity contribution in [3.05, 3.63) is 77.7 Å². The molecule has 1 aliphatic rings. The Bertz CT molecular complexity index is 1250. The predicted octanol–water partition coefficient (Wildman–Crippen LogP) is 5.81. The van der Waals surface area contributed by atoms with Crippen molar-refractivity contribution in [3.8, 4) is 22.4 Å². The van der Waals surface area contributed by atoms with Gasteiger partial charge in [-0.1, -0.05) is 68.5 Å². The number of hydrogen-bond acceptors (Lipinski definition) is 4. The molecule has 3 N–H and O–H groups in total. The third kappa shape index (κ3) is 6.34. The van der Waals surface area contributed by atoms with Gasteiger partial charge in [0.15, 0.2) is 0 Å². The highest BCUT2D eigenvalue weighted by atomic mass is 19.1. The number of aromatic nitrogens is 1. The first-order valence-corrected chi connectivity index (χ1v) is 13.4. The molecule has 2 heterocycles. The molecule has 38 heavy (non-hydrogen) atoms. The van der Waals surface area contributed by atoms with E-state index in [1.807, 2.05) is 24.3 Å². The summed E-state index contributed by atoms with van der Waals surface area (Å²) in [6.07, 6.45) is 4.21. The van der Waals surface area contributed by atoms with E-state index >= 15 is 0 Å². The number of piperidine rings is 1. The zero-order valence-electron chi connectivity index (χ0n) is 22.1. The van der Waals surface area contributed by atoms with E-state index in [0.717, 1.165) is 59.6 Å². The molecule has 2 aromatic carbocycles. The summed E-state index contributed by atoms with van der Waals surface area (Å²) in [5.74, 6) is -1.29. The highest BCUT2D eigenvalue weighted by molar-refractivity contribution is 5.90. The smallest absolute Gasteiger partial charge is 0.305 e.